The molecule has 1 atom stereocenters. The molecule has 22 heavy (non-hydrogen) atoms. The van der Waals surface area contributed by atoms with Crippen LogP contribution in [0.15, 0.2) is 24.3 Å². The Morgan fingerprint density at radius 3 is 2.82 bits per heavy atom. The maximum atomic E-state index is 12.2. The van der Waals surface area contributed by atoms with Gasteiger partial charge in [0.1, 0.15) is 0 Å². The average Bonchev–Trinajstić information content (AvgIpc) is 3.02. The molecule has 0 saturated carbocycles. The van der Waals surface area contributed by atoms with Gasteiger partial charge in [0.2, 0.25) is 5.91 Å². The topological polar surface area (TPSA) is 44.4 Å². The van der Waals surface area contributed by atoms with Crippen molar-refractivity contribution < 1.29 is 4.79 Å². The van der Waals surface area contributed by atoms with Crippen molar-refractivity contribution >= 4 is 11.6 Å². The number of carbonyl (C=O) groups is 1. The van der Waals surface area contributed by atoms with Crippen LogP contribution in [0.5, 0.6) is 0 Å². The maximum Gasteiger partial charge on any atom is 0.238 e. The quantitative estimate of drug-likeness (QED) is 0.897. The molecule has 1 amide bonds. The van der Waals surface area contributed by atoms with Crippen molar-refractivity contribution in [1.29, 1.82) is 0 Å². The third-order valence-corrected chi connectivity index (χ3v) is 4.97. The fourth-order valence-corrected chi connectivity index (χ4v) is 3.75. The second-order valence-electron chi connectivity index (χ2n) is 6.73. The second-order valence-corrected chi connectivity index (χ2v) is 6.73. The van der Waals surface area contributed by atoms with Crippen molar-refractivity contribution in [2.24, 2.45) is 5.92 Å². The fourth-order valence-electron chi connectivity index (χ4n) is 3.75. The first kappa shape index (κ1) is 15.5. The molecule has 4 heteroatoms. The Morgan fingerprint density at radius 2 is 2.14 bits per heavy atom. The maximum absolute atomic E-state index is 12.2. The number of hydrogen-bond acceptors (Lipinski definition) is 3. The fraction of sp³-hybridized carbons (Fsp3) is 0.611. The molecular weight excluding hydrogens is 274 g/mol. The third kappa shape index (κ3) is 4.08. The van der Waals surface area contributed by atoms with Crippen LogP contribution in [-0.4, -0.2) is 43.0 Å². The minimum atomic E-state index is 0.100. The first-order chi connectivity index (χ1) is 10.7. The van der Waals surface area contributed by atoms with E-state index >= 15 is 0 Å². The van der Waals surface area contributed by atoms with Gasteiger partial charge in [0.15, 0.2) is 0 Å². The summed E-state index contributed by atoms with van der Waals surface area (Å²) in [4.78, 5) is 14.5. The molecule has 3 rings (SSSR count). The standard InChI is InChI=1S/C18H27N3O/c1-14-4-2-5-16(12-14)20-18(22)13-21-10-7-15(8-11-21)17-6-3-9-19-17/h2,4-5,12,15,17,19H,3,6-11,13H2,1H3,(H,20,22). The predicted molar refractivity (Wildman–Crippen MR) is 90.0 cm³/mol. The van der Waals surface area contributed by atoms with Crippen LogP contribution in [0.1, 0.15) is 31.2 Å². The number of benzene rings is 1. The SMILES string of the molecule is Cc1cccc(NC(=O)CN2CCC(C3CCCN3)CC2)c1. The van der Waals surface area contributed by atoms with Gasteiger partial charge in [0.25, 0.3) is 0 Å². The first-order valence-electron chi connectivity index (χ1n) is 8.53. The zero-order valence-electron chi connectivity index (χ0n) is 13.5. The summed E-state index contributed by atoms with van der Waals surface area (Å²) in [6, 6.07) is 8.70. The highest BCUT2D eigenvalue weighted by molar-refractivity contribution is 5.92. The molecular formula is C18H27N3O. The van der Waals surface area contributed by atoms with E-state index < -0.39 is 0 Å². The van der Waals surface area contributed by atoms with Crippen molar-refractivity contribution in [2.75, 3.05) is 31.5 Å². The highest BCUT2D eigenvalue weighted by atomic mass is 16.2. The Kier molecular flexibility index (Phi) is 5.11. The molecule has 2 saturated heterocycles. The number of nitrogens with zero attached hydrogens (tertiary/aromatic N) is 1. The molecule has 1 aromatic rings. The molecule has 2 aliphatic heterocycles. The normalized spacial score (nSPS) is 23.6. The van der Waals surface area contributed by atoms with Gasteiger partial charge < -0.3 is 10.6 Å². The summed E-state index contributed by atoms with van der Waals surface area (Å²) in [7, 11) is 0. The van der Waals surface area contributed by atoms with Gasteiger partial charge >= 0.3 is 0 Å². The highest BCUT2D eigenvalue weighted by Crippen LogP contribution is 2.25. The van der Waals surface area contributed by atoms with Crippen LogP contribution in [0.25, 0.3) is 0 Å². The van der Waals surface area contributed by atoms with E-state index in [1.165, 1.54) is 37.8 Å². The van der Waals surface area contributed by atoms with Gasteiger partial charge in [0, 0.05) is 11.7 Å². The Balaban J connectivity index is 1.43. The summed E-state index contributed by atoms with van der Waals surface area (Å²) in [5, 5.41) is 6.63. The summed E-state index contributed by atoms with van der Waals surface area (Å²) in [6.45, 7) is 5.83. The van der Waals surface area contributed by atoms with Gasteiger partial charge in [0.05, 0.1) is 6.54 Å². The van der Waals surface area contributed by atoms with Crippen molar-refractivity contribution in [3.8, 4) is 0 Å². The molecule has 2 N–H and O–H groups in total. The van der Waals surface area contributed by atoms with E-state index in [2.05, 4.69) is 15.5 Å². The molecule has 0 bridgehead atoms. The minimum Gasteiger partial charge on any atom is -0.325 e. The molecule has 2 heterocycles. The van der Waals surface area contributed by atoms with Crippen LogP contribution in [0.4, 0.5) is 5.69 Å². The molecule has 2 aliphatic rings. The Labute approximate surface area is 133 Å². The number of rotatable bonds is 4. The largest absolute Gasteiger partial charge is 0.325 e. The van der Waals surface area contributed by atoms with Crippen molar-refractivity contribution in [3.05, 3.63) is 29.8 Å². The van der Waals surface area contributed by atoms with Crippen LogP contribution in [-0.2, 0) is 4.79 Å². The zero-order valence-corrected chi connectivity index (χ0v) is 13.5. The Morgan fingerprint density at radius 1 is 1.32 bits per heavy atom. The molecule has 0 spiro atoms. The van der Waals surface area contributed by atoms with E-state index in [0.29, 0.717) is 6.54 Å². The number of piperidine rings is 1. The van der Waals surface area contributed by atoms with Gasteiger partial charge in [-0.3, -0.25) is 9.69 Å². The van der Waals surface area contributed by atoms with Crippen LogP contribution >= 0.6 is 0 Å². The van der Waals surface area contributed by atoms with E-state index in [0.717, 1.165) is 30.7 Å². The monoisotopic (exact) mass is 301 g/mol. The minimum absolute atomic E-state index is 0.100. The molecule has 4 nitrogen and oxygen atoms in total. The number of carbonyl (C=O) groups excluding carboxylic acids is 1. The van der Waals surface area contributed by atoms with Crippen LogP contribution in [0, 0.1) is 12.8 Å². The van der Waals surface area contributed by atoms with E-state index in [-0.39, 0.29) is 5.91 Å². The van der Waals surface area contributed by atoms with Gasteiger partial charge in [-0.1, -0.05) is 12.1 Å². The molecule has 2 fully saturated rings. The lowest BCUT2D eigenvalue weighted by atomic mass is 9.88. The predicted octanol–water partition coefficient (Wildman–Crippen LogP) is 2.40. The summed E-state index contributed by atoms with van der Waals surface area (Å²) in [5.74, 6) is 0.904. The average molecular weight is 301 g/mol. The Hall–Kier alpha value is -1.39. The summed E-state index contributed by atoms with van der Waals surface area (Å²) in [6.07, 6.45) is 5.09. The third-order valence-electron chi connectivity index (χ3n) is 4.97. The summed E-state index contributed by atoms with van der Waals surface area (Å²) < 4.78 is 0. The lowest BCUT2D eigenvalue weighted by molar-refractivity contribution is -0.117. The first-order valence-corrected chi connectivity index (χ1v) is 8.53. The van der Waals surface area contributed by atoms with Crippen LogP contribution in [0.2, 0.25) is 0 Å². The second kappa shape index (κ2) is 7.25. The lowest BCUT2D eigenvalue weighted by Gasteiger charge is -2.34. The zero-order chi connectivity index (χ0) is 15.4. The van der Waals surface area contributed by atoms with E-state index in [1.807, 2.05) is 31.2 Å². The molecule has 1 aromatic carbocycles. The highest BCUT2D eigenvalue weighted by Gasteiger charge is 2.28. The van der Waals surface area contributed by atoms with Gasteiger partial charge in [-0.2, -0.15) is 0 Å². The number of amides is 1. The van der Waals surface area contributed by atoms with Crippen molar-refractivity contribution in [1.82, 2.24) is 10.2 Å². The number of anilines is 1. The summed E-state index contributed by atoms with van der Waals surface area (Å²) >= 11 is 0. The molecule has 0 aromatic heterocycles. The van der Waals surface area contributed by atoms with E-state index in [9.17, 15) is 4.79 Å². The van der Waals surface area contributed by atoms with Crippen molar-refractivity contribution in [3.63, 3.8) is 0 Å². The smallest absolute Gasteiger partial charge is 0.238 e. The number of nitrogens with one attached hydrogen (secondary N) is 2. The molecule has 0 radical (unpaired) electrons. The van der Waals surface area contributed by atoms with Crippen molar-refractivity contribution in [2.45, 2.75) is 38.6 Å². The van der Waals surface area contributed by atoms with E-state index in [1.54, 1.807) is 0 Å². The lowest BCUT2D eigenvalue weighted by Crippen LogP contribution is -2.43. The van der Waals surface area contributed by atoms with Crippen LogP contribution in [0.3, 0.4) is 0 Å². The number of hydrogen-bond donors (Lipinski definition) is 2. The molecule has 0 aliphatic carbocycles. The van der Waals surface area contributed by atoms with Gasteiger partial charge in [-0.25, -0.2) is 0 Å². The molecule has 120 valence electrons. The number of likely N-dealkylation sites (tertiary alicyclic amines) is 1. The summed E-state index contributed by atoms with van der Waals surface area (Å²) in [5.41, 5.74) is 2.07. The molecule has 1 unspecified atom stereocenters. The Bertz CT molecular complexity index is 503. The number of aryl methyl sites for hydroxylation is 1. The van der Waals surface area contributed by atoms with Crippen LogP contribution < -0.4 is 10.6 Å². The van der Waals surface area contributed by atoms with Gasteiger partial charge in [-0.05, 0) is 75.9 Å². The van der Waals surface area contributed by atoms with Gasteiger partial charge in [-0.15, -0.1) is 0 Å². The van der Waals surface area contributed by atoms with E-state index in [4.69, 9.17) is 0 Å².